The Kier molecular flexibility index (Phi) is 4.60. The molecule has 2 aromatic carbocycles. The Balaban J connectivity index is 1.47. The van der Waals surface area contributed by atoms with E-state index in [2.05, 4.69) is 6.07 Å². The highest BCUT2D eigenvalue weighted by atomic mass is 16.5. The van der Waals surface area contributed by atoms with Crippen LogP contribution in [0.5, 0.6) is 5.75 Å². The van der Waals surface area contributed by atoms with Crippen LogP contribution in [0.4, 0.5) is 11.4 Å². The van der Waals surface area contributed by atoms with Crippen molar-refractivity contribution in [3.05, 3.63) is 54.1 Å². The van der Waals surface area contributed by atoms with Gasteiger partial charge >= 0.3 is 0 Å². The third kappa shape index (κ3) is 3.42. The molecule has 0 aromatic heterocycles. The van der Waals surface area contributed by atoms with Crippen LogP contribution in [0.15, 0.2) is 48.5 Å². The first-order valence-corrected chi connectivity index (χ1v) is 9.49. The zero-order chi connectivity index (χ0) is 19.0. The summed E-state index contributed by atoms with van der Waals surface area (Å²) in [5.74, 6) is 0.533. The van der Waals surface area contributed by atoms with Gasteiger partial charge in [-0.3, -0.25) is 9.59 Å². The maximum atomic E-state index is 13.0. The quantitative estimate of drug-likeness (QED) is 0.835. The van der Waals surface area contributed by atoms with Gasteiger partial charge in [-0.15, -0.1) is 0 Å². The van der Waals surface area contributed by atoms with Gasteiger partial charge in [0.05, 0.1) is 12.0 Å². The number of ether oxygens (including phenoxy) is 1. The fraction of sp³-hybridized carbons (Fsp3) is 0.364. The molecule has 0 saturated carbocycles. The summed E-state index contributed by atoms with van der Waals surface area (Å²) in [4.78, 5) is 29.1. The molecule has 1 unspecified atom stereocenters. The molecule has 4 rings (SSSR count). The van der Waals surface area contributed by atoms with E-state index in [9.17, 15) is 9.59 Å². The van der Waals surface area contributed by atoms with Crippen molar-refractivity contribution < 1.29 is 14.3 Å². The Morgan fingerprint density at radius 3 is 2.59 bits per heavy atom. The number of hydrogen-bond donors (Lipinski definition) is 0. The fourth-order valence-electron chi connectivity index (χ4n) is 3.89. The maximum absolute atomic E-state index is 13.0. The molecule has 0 aliphatic carbocycles. The molecule has 2 heterocycles. The molecule has 140 valence electrons. The first-order chi connectivity index (χ1) is 13.0. The molecule has 1 fully saturated rings. The summed E-state index contributed by atoms with van der Waals surface area (Å²) >= 11 is 0. The van der Waals surface area contributed by atoms with Crippen molar-refractivity contribution in [3.63, 3.8) is 0 Å². The van der Waals surface area contributed by atoms with Gasteiger partial charge in [-0.1, -0.05) is 18.2 Å². The molecule has 1 saturated heterocycles. The van der Waals surface area contributed by atoms with Crippen LogP contribution in [0, 0.1) is 5.92 Å². The summed E-state index contributed by atoms with van der Waals surface area (Å²) in [5.41, 5.74) is 3.00. The summed E-state index contributed by atoms with van der Waals surface area (Å²) in [7, 11) is 0. The van der Waals surface area contributed by atoms with Gasteiger partial charge in [0.1, 0.15) is 5.75 Å². The number of amides is 2. The third-order valence-electron chi connectivity index (χ3n) is 5.15. The van der Waals surface area contributed by atoms with Gasteiger partial charge in [0.2, 0.25) is 11.8 Å². The topological polar surface area (TPSA) is 49.9 Å². The number of nitrogens with zero attached hydrogens (tertiary/aromatic N) is 2. The maximum Gasteiger partial charge on any atom is 0.232 e. The van der Waals surface area contributed by atoms with E-state index in [0.717, 1.165) is 23.5 Å². The standard InChI is InChI=1S/C22H24N2O3/c1-15(2)27-19-9-7-18(8-10-19)24-14-17(13-21(24)25)22(26)23-12-11-16-5-3-4-6-20(16)23/h3-10,15,17H,11-14H2,1-2H3. The molecular formula is C22H24N2O3. The summed E-state index contributed by atoms with van der Waals surface area (Å²) < 4.78 is 5.65. The third-order valence-corrected chi connectivity index (χ3v) is 5.15. The fourth-order valence-corrected chi connectivity index (χ4v) is 3.89. The Labute approximate surface area is 159 Å². The number of benzene rings is 2. The Morgan fingerprint density at radius 1 is 1.11 bits per heavy atom. The zero-order valence-corrected chi connectivity index (χ0v) is 15.7. The molecule has 1 atom stereocenters. The molecule has 5 nitrogen and oxygen atoms in total. The van der Waals surface area contributed by atoms with Crippen molar-refractivity contribution in [2.24, 2.45) is 5.92 Å². The van der Waals surface area contributed by atoms with E-state index >= 15 is 0 Å². The SMILES string of the molecule is CC(C)Oc1ccc(N2CC(C(=O)N3CCc4ccccc43)CC2=O)cc1. The van der Waals surface area contributed by atoms with Crippen LogP contribution in [0.25, 0.3) is 0 Å². The van der Waals surface area contributed by atoms with Crippen molar-refractivity contribution in [2.45, 2.75) is 32.8 Å². The predicted molar refractivity (Wildman–Crippen MR) is 105 cm³/mol. The lowest BCUT2D eigenvalue weighted by Crippen LogP contribution is -2.36. The smallest absolute Gasteiger partial charge is 0.232 e. The summed E-state index contributed by atoms with van der Waals surface area (Å²) in [6, 6.07) is 15.5. The molecule has 27 heavy (non-hydrogen) atoms. The van der Waals surface area contributed by atoms with Crippen molar-refractivity contribution in [1.82, 2.24) is 0 Å². The second-order valence-electron chi connectivity index (χ2n) is 7.43. The Morgan fingerprint density at radius 2 is 1.85 bits per heavy atom. The van der Waals surface area contributed by atoms with E-state index in [1.54, 1.807) is 4.90 Å². The number of hydrogen-bond acceptors (Lipinski definition) is 3. The van der Waals surface area contributed by atoms with Gasteiger partial charge in [-0.05, 0) is 56.2 Å². The van der Waals surface area contributed by atoms with Gasteiger partial charge in [0, 0.05) is 30.9 Å². The minimum Gasteiger partial charge on any atom is -0.491 e. The first kappa shape index (κ1) is 17.6. The highest BCUT2D eigenvalue weighted by Crippen LogP contribution is 2.32. The van der Waals surface area contributed by atoms with E-state index in [4.69, 9.17) is 4.74 Å². The Hall–Kier alpha value is -2.82. The van der Waals surface area contributed by atoms with Crippen molar-refractivity contribution in [1.29, 1.82) is 0 Å². The second kappa shape index (κ2) is 7.06. The highest BCUT2D eigenvalue weighted by Gasteiger charge is 2.39. The van der Waals surface area contributed by atoms with E-state index in [0.29, 0.717) is 13.1 Å². The lowest BCUT2D eigenvalue weighted by atomic mass is 10.1. The lowest BCUT2D eigenvalue weighted by Gasteiger charge is -2.22. The summed E-state index contributed by atoms with van der Waals surface area (Å²) in [6.07, 6.45) is 1.25. The number of carbonyl (C=O) groups excluding carboxylic acids is 2. The summed E-state index contributed by atoms with van der Waals surface area (Å²) in [5, 5.41) is 0. The van der Waals surface area contributed by atoms with Crippen LogP contribution in [0.1, 0.15) is 25.8 Å². The molecule has 2 aliphatic rings. The van der Waals surface area contributed by atoms with Crippen LogP contribution in [-0.2, 0) is 16.0 Å². The van der Waals surface area contributed by atoms with Gasteiger partial charge in [-0.2, -0.15) is 0 Å². The molecule has 2 amide bonds. The zero-order valence-electron chi connectivity index (χ0n) is 15.7. The molecule has 2 aromatic rings. The highest BCUT2D eigenvalue weighted by molar-refractivity contribution is 6.05. The number of rotatable bonds is 4. The molecule has 0 radical (unpaired) electrons. The van der Waals surface area contributed by atoms with Crippen LogP contribution < -0.4 is 14.5 Å². The van der Waals surface area contributed by atoms with E-state index in [1.807, 2.05) is 61.2 Å². The van der Waals surface area contributed by atoms with Crippen molar-refractivity contribution in [3.8, 4) is 5.75 Å². The van der Waals surface area contributed by atoms with Crippen molar-refractivity contribution >= 4 is 23.2 Å². The van der Waals surface area contributed by atoms with Crippen LogP contribution in [0.3, 0.4) is 0 Å². The average molecular weight is 364 g/mol. The monoisotopic (exact) mass is 364 g/mol. The van der Waals surface area contributed by atoms with E-state index < -0.39 is 0 Å². The minimum absolute atomic E-state index is 0.00152. The number of para-hydroxylation sites is 1. The molecule has 0 N–H and O–H groups in total. The lowest BCUT2D eigenvalue weighted by molar-refractivity contribution is -0.124. The van der Waals surface area contributed by atoms with Crippen LogP contribution in [-0.4, -0.2) is 31.0 Å². The molecule has 0 bridgehead atoms. The minimum atomic E-state index is -0.296. The molecular weight excluding hydrogens is 340 g/mol. The van der Waals surface area contributed by atoms with E-state index in [-0.39, 0.29) is 30.3 Å². The number of carbonyl (C=O) groups is 2. The largest absolute Gasteiger partial charge is 0.491 e. The van der Waals surface area contributed by atoms with Crippen molar-refractivity contribution in [2.75, 3.05) is 22.9 Å². The normalized spacial score (nSPS) is 18.9. The first-order valence-electron chi connectivity index (χ1n) is 9.49. The summed E-state index contributed by atoms with van der Waals surface area (Å²) in [6.45, 7) is 5.08. The Bertz CT molecular complexity index is 860. The molecule has 0 spiro atoms. The van der Waals surface area contributed by atoms with Crippen LogP contribution >= 0.6 is 0 Å². The van der Waals surface area contributed by atoms with Gasteiger partial charge < -0.3 is 14.5 Å². The molecule has 5 heteroatoms. The van der Waals surface area contributed by atoms with Crippen LogP contribution in [0.2, 0.25) is 0 Å². The van der Waals surface area contributed by atoms with Gasteiger partial charge in [-0.25, -0.2) is 0 Å². The number of fused-ring (bicyclic) bond motifs is 1. The predicted octanol–water partition coefficient (Wildman–Crippen LogP) is 3.42. The average Bonchev–Trinajstić information content (AvgIpc) is 3.25. The molecule has 2 aliphatic heterocycles. The van der Waals surface area contributed by atoms with E-state index in [1.165, 1.54) is 5.56 Å². The van der Waals surface area contributed by atoms with Gasteiger partial charge in [0.15, 0.2) is 0 Å². The van der Waals surface area contributed by atoms with Gasteiger partial charge in [0.25, 0.3) is 0 Å². The number of anilines is 2. The second-order valence-corrected chi connectivity index (χ2v) is 7.43.